The van der Waals surface area contributed by atoms with Crippen LogP contribution in [0.5, 0.6) is 0 Å². The predicted molar refractivity (Wildman–Crippen MR) is 74.7 cm³/mol. The van der Waals surface area contributed by atoms with Crippen molar-refractivity contribution in [3.8, 4) is 11.8 Å². The molecule has 100 valence electrons. The standard InChI is InChI=1S/C16H19NO2/c18-12-2-5-14-6-8-15(9-7-14)16(19)17-11-10-13-3-1-4-13/h6-9,13,18H,1,3-4,10-12H2,(H,17,19). The summed E-state index contributed by atoms with van der Waals surface area (Å²) < 4.78 is 0. The average Bonchev–Trinajstić information content (AvgIpc) is 2.39. The Hall–Kier alpha value is -1.79. The molecule has 0 saturated heterocycles. The van der Waals surface area contributed by atoms with Crippen molar-refractivity contribution in [2.24, 2.45) is 5.92 Å². The first kappa shape index (κ1) is 13.6. The van der Waals surface area contributed by atoms with Crippen molar-refractivity contribution in [1.29, 1.82) is 0 Å². The van der Waals surface area contributed by atoms with E-state index in [1.54, 1.807) is 24.3 Å². The molecule has 1 aromatic rings. The van der Waals surface area contributed by atoms with Gasteiger partial charge in [-0.2, -0.15) is 0 Å². The van der Waals surface area contributed by atoms with Crippen molar-refractivity contribution < 1.29 is 9.90 Å². The summed E-state index contributed by atoms with van der Waals surface area (Å²) in [4.78, 5) is 11.9. The second-order valence-corrected chi connectivity index (χ2v) is 4.88. The average molecular weight is 257 g/mol. The van der Waals surface area contributed by atoms with E-state index in [9.17, 15) is 4.79 Å². The van der Waals surface area contributed by atoms with Crippen molar-refractivity contribution in [2.75, 3.05) is 13.2 Å². The summed E-state index contributed by atoms with van der Waals surface area (Å²) in [6.45, 7) is 0.610. The monoisotopic (exact) mass is 257 g/mol. The fraction of sp³-hybridized carbons (Fsp3) is 0.438. The number of hydrogen-bond acceptors (Lipinski definition) is 2. The highest BCUT2D eigenvalue weighted by Crippen LogP contribution is 2.28. The van der Waals surface area contributed by atoms with E-state index >= 15 is 0 Å². The highest BCUT2D eigenvalue weighted by atomic mass is 16.2. The van der Waals surface area contributed by atoms with Gasteiger partial charge in [-0.25, -0.2) is 0 Å². The molecule has 1 amide bonds. The van der Waals surface area contributed by atoms with Gasteiger partial charge in [0.2, 0.25) is 0 Å². The smallest absolute Gasteiger partial charge is 0.251 e. The van der Waals surface area contributed by atoms with Crippen LogP contribution in [0.25, 0.3) is 0 Å². The quantitative estimate of drug-likeness (QED) is 0.810. The molecule has 2 rings (SSSR count). The molecule has 1 aromatic carbocycles. The zero-order chi connectivity index (χ0) is 13.5. The van der Waals surface area contributed by atoms with Gasteiger partial charge in [0, 0.05) is 17.7 Å². The van der Waals surface area contributed by atoms with Gasteiger partial charge in [-0.05, 0) is 36.6 Å². The Morgan fingerprint density at radius 1 is 1.32 bits per heavy atom. The Morgan fingerprint density at radius 3 is 2.63 bits per heavy atom. The van der Waals surface area contributed by atoms with Crippen molar-refractivity contribution in [3.63, 3.8) is 0 Å². The number of aliphatic hydroxyl groups excluding tert-OH is 1. The first-order valence-electron chi connectivity index (χ1n) is 6.77. The molecule has 0 atom stereocenters. The van der Waals surface area contributed by atoms with Gasteiger partial charge < -0.3 is 10.4 Å². The number of hydrogen-bond donors (Lipinski definition) is 2. The van der Waals surface area contributed by atoms with E-state index in [0.717, 1.165) is 24.4 Å². The fourth-order valence-electron chi connectivity index (χ4n) is 2.12. The van der Waals surface area contributed by atoms with Crippen LogP contribution in [-0.4, -0.2) is 24.2 Å². The summed E-state index contributed by atoms with van der Waals surface area (Å²) in [6.07, 6.45) is 5.06. The van der Waals surface area contributed by atoms with Gasteiger partial charge in [0.05, 0.1) is 0 Å². The summed E-state index contributed by atoms with van der Waals surface area (Å²) in [5, 5.41) is 11.5. The third-order valence-corrected chi connectivity index (χ3v) is 3.52. The molecule has 0 heterocycles. The van der Waals surface area contributed by atoms with E-state index in [-0.39, 0.29) is 12.5 Å². The minimum absolute atomic E-state index is 0.0269. The molecule has 3 nitrogen and oxygen atoms in total. The lowest BCUT2D eigenvalue weighted by molar-refractivity contribution is 0.0949. The maximum atomic E-state index is 11.9. The zero-order valence-corrected chi connectivity index (χ0v) is 11.0. The molecule has 0 radical (unpaired) electrons. The van der Waals surface area contributed by atoms with E-state index in [4.69, 9.17) is 5.11 Å². The SMILES string of the molecule is O=C(NCCC1CCC1)c1ccc(C#CCO)cc1. The van der Waals surface area contributed by atoms with Crippen LogP contribution in [0.3, 0.4) is 0 Å². The van der Waals surface area contributed by atoms with E-state index in [2.05, 4.69) is 17.2 Å². The number of carbonyl (C=O) groups is 1. The van der Waals surface area contributed by atoms with Gasteiger partial charge in [0.25, 0.3) is 5.91 Å². The molecule has 1 saturated carbocycles. The molecule has 0 bridgehead atoms. The van der Waals surface area contributed by atoms with E-state index in [0.29, 0.717) is 5.56 Å². The number of aliphatic hydroxyl groups is 1. The Kier molecular flexibility index (Phi) is 5.00. The Bertz CT molecular complexity index is 478. The number of nitrogens with one attached hydrogen (secondary N) is 1. The topological polar surface area (TPSA) is 49.3 Å². The van der Waals surface area contributed by atoms with E-state index < -0.39 is 0 Å². The molecule has 0 aliphatic heterocycles. The normalized spacial score (nSPS) is 14.2. The highest BCUT2D eigenvalue weighted by Gasteiger charge is 2.16. The molecule has 1 aliphatic carbocycles. The number of amides is 1. The summed E-state index contributed by atoms with van der Waals surface area (Å²) >= 11 is 0. The maximum Gasteiger partial charge on any atom is 0.251 e. The van der Waals surface area contributed by atoms with Crippen LogP contribution in [-0.2, 0) is 0 Å². The van der Waals surface area contributed by atoms with Crippen LogP contribution >= 0.6 is 0 Å². The van der Waals surface area contributed by atoms with E-state index in [1.807, 2.05) is 0 Å². The molecule has 19 heavy (non-hydrogen) atoms. The Labute approximate surface area is 114 Å². The van der Waals surface area contributed by atoms with Gasteiger partial charge >= 0.3 is 0 Å². The summed E-state index contributed by atoms with van der Waals surface area (Å²) in [7, 11) is 0. The molecular weight excluding hydrogens is 238 g/mol. The number of carbonyl (C=O) groups excluding carboxylic acids is 1. The lowest BCUT2D eigenvalue weighted by atomic mass is 9.83. The van der Waals surface area contributed by atoms with Crippen molar-refractivity contribution in [2.45, 2.75) is 25.7 Å². The molecule has 0 spiro atoms. The third kappa shape index (κ3) is 4.11. The number of benzene rings is 1. The second kappa shape index (κ2) is 6.96. The lowest BCUT2D eigenvalue weighted by Crippen LogP contribution is -2.27. The zero-order valence-electron chi connectivity index (χ0n) is 11.0. The second-order valence-electron chi connectivity index (χ2n) is 4.88. The van der Waals surface area contributed by atoms with Crippen molar-refractivity contribution in [3.05, 3.63) is 35.4 Å². The molecule has 0 unspecified atom stereocenters. The maximum absolute atomic E-state index is 11.9. The summed E-state index contributed by atoms with van der Waals surface area (Å²) in [5.74, 6) is 6.17. The van der Waals surface area contributed by atoms with Gasteiger partial charge in [-0.3, -0.25) is 4.79 Å². The summed E-state index contributed by atoms with van der Waals surface area (Å²) in [6, 6.07) is 7.12. The minimum Gasteiger partial charge on any atom is -0.384 e. The Balaban J connectivity index is 1.81. The van der Waals surface area contributed by atoms with Gasteiger partial charge in [0.1, 0.15) is 6.61 Å². The lowest BCUT2D eigenvalue weighted by Gasteiger charge is -2.25. The van der Waals surface area contributed by atoms with Crippen LogP contribution in [0.1, 0.15) is 41.6 Å². The van der Waals surface area contributed by atoms with Crippen LogP contribution in [0.2, 0.25) is 0 Å². The molecule has 0 aromatic heterocycles. The number of rotatable bonds is 4. The van der Waals surface area contributed by atoms with Crippen LogP contribution in [0.15, 0.2) is 24.3 Å². The molecule has 1 aliphatic rings. The molecular formula is C16H19NO2. The van der Waals surface area contributed by atoms with Gasteiger partial charge in [-0.15, -0.1) is 0 Å². The van der Waals surface area contributed by atoms with E-state index in [1.165, 1.54) is 19.3 Å². The molecule has 2 N–H and O–H groups in total. The van der Waals surface area contributed by atoms with Crippen LogP contribution in [0, 0.1) is 17.8 Å². The van der Waals surface area contributed by atoms with Crippen molar-refractivity contribution in [1.82, 2.24) is 5.32 Å². The molecule has 1 fully saturated rings. The van der Waals surface area contributed by atoms with Gasteiger partial charge in [-0.1, -0.05) is 31.1 Å². The highest BCUT2D eigenvalue weighted by molar-refractivity contribution is 5.94. The first-order valence-corrected chi connectivity index (χ1v) is 6.77. The Morgan fingerprint density at radius 2 is 2.05 bits per heavy atom. The first-order chi connectivity index (χ1) is 9.29. The largest absolute Gasteiger partial charge is 0.384 e. The molecule has 3 heteroatoms. The third-order valence-electron chi connectivity index (χ3n) is 3.52. The van der Waals surface area contributed by atoms with Gasteiger partial charge in [0.15, 0.2) is 0 Å². The van der Waals surface area contributed by atoms with Crippen molar-refractivity contribution >= 4 is 5.91 Å². The van der Waals surface area contributed by atoms with Crippen LogP contribution in [0.4, 0.5) is 0 Å². The van der Waals surface area contributed by atoms with Crippen LogP contribution < -0.4 is 5.32 Å². The summed E-state index contributed by atoms with van der Waals surface area (Å²) in [5.41, 5.74) is 1.46. The fourth-order valence-corrected chi connectivity index (χ4v) is 2.12. The minimum atomic E-state index is -0.149. The predicted octanol–water partition coefficient (Wildman–Crippen LogP) is 1.95.